The van der Waals surface area contributed by atoms with Crippen molar-refractivity contribution in [1.82, 2.24) is 9.55 Å². The van der Waals surface area contributed by atoms with Crippen molar-refractivity contribution in [2.45, 2.75) is 13.5 Å². The zero-order chi connectivity index (χ0) is 13.0. The molecule has 1 N–H and O–H groups in total. The molecule has 18 heavy (non-hydrogen) atoms. The molecule has 2 aromatic rings. The maximum absolute atomic E-state index is 12.8. The summed E-state index contributed by atoms with van der Waals surface area (Å²) < 4.78 is 19.8. The largest absolute Gasteiger partial charge is 0.383 e. The van der Waals surface area contributed by atoms with E-state index >= 15 is 0 Å². The van der Waals surface area contributed by atoms with E-state index < -0.39 is 0 Å². The number of anilines is 2. The van der Waals surface area contributed by atoms with Gasteiger partial charge in [0.25, 0.3) is 0 Å². The van der Waals surface area contributed by atoms with Crippen molar-refractivity contribution in [3.63, 3.8) is 0 Å². The third-order valence-electron chi connectivity index (χ3n) is 2.53. The summed E-state index contributed by atoms with van der Waals surface area (Å²) in [4.78, 5) is 4.38. The maximum atomic E-state index is 12.8. The van der Waals surface area contributed by atoms with Crippen LogP contribution >= 0.6 is 0 Å². The van der Waals surface area contributed by atoms with Gasteiger partial charge in [-0.15, -0.1) is 0 Å². The summed E-state index contributed by atoms with van der Waals surface area (Å²) in [6.45, 7) is 3.27. The number of ether oxygens (including phenoxy) is 1. The molecule has 2 rings (SSSR count). The second-order valence-electron chi connectivity index (χ2n) is 4.02. The van der Waals surface area contributed by atoms with Gasteiger partial charge in [0.2, 0.25) is 5.95 Å². The number of aryl methyl sites for hydroxylation is 1. The van der Waals surface area contributed by atoms with Gasteiger partial charge in [0.1, 0.15) is 5.82 Å². The topological polar surface area (TPSA) is 39.1 Å². The normalized spacial score (nSPS) is 10.6. The zero-order valence-corrected chi connectivity index (χ0v) is 10.5. The first-order valence-electron chi connectivity index (χ1n) is 5.74. The lowest BCUT2D eigenvalue weighted by atomic mass is 10.3. The summed E-state index contributed by atoms with van der Waals surface area (Å²) in [5.41, 5.74) is 1.73. The van der Waals surface area contributed by atoms with E-state index in [-0.39, 0.29) is 5.82 Å². The lowest BCUT2D eigenvalue weighted by Gasteiger charge is -2.09. The van der Waals surface area contributed by atoms with Crippen molar-refractivity contribution in [2.24, 2.45) is 0 Å². The van der Waals surface area contributed by atoms with Crippen LogP contribution in [0.4, 0.5) is 16.0 Å². The lowest BCUT2D eigenvalue weighted by Crippen LogP contribution is -2.07. The zero-order valence-electron chi connectivity index (χ0n) is 10.5. The first-order valence-corrected chi connectivity index (χ1v) is 5.74. The molecule has 0 aliphatic heterocycles. The monoisotopic (exact) mass is 249 g/mol. The van der Waals surface area contributed by atoms with Gasteiger partial charge in [-0.25, -0.2) is 9.37 Å². The van der Waals surface area contributed by atoms with Gasteiger partial charge in [-0.1, -0.05) is 0 Å². The number of imidazole rings is 1. The summed E-state index contributed by atoms with van der Waals surface area (Å²) in [6.07, 6.45) is 1.95. The minimum atomic E-state index is -0.251. The van der Waals surface area contributed by atoms with Crippen molar-refractivity contribution in [3.05, 3.63) is 42.0 Å². The molecule has 96 valence electrons. The molecule has 0 atom stereocenters. The van der Waals surface area contributed by atoms with Crippen molar-refractivity contribution in [2.75, 3.05) is 19.0 Å². The van der Waals surface area contributed by atoms with Crippen LogP contribution in [0.3, 0.4) is 0 Å². The molecule has 5 heteroatoms. The van der Waals surface area contributed by atoms with E-state index in [1.165, 1.54) is 12.1 Å². The molecular formula is C13H16FN3O. The molecular weight excluding hydrogens is 233 g/mol. The van der Waals surface area contributed by atoms with Crippen molar-refractivity contribution in [3.8, 4) is 0 Å². The predicted molar refractivity (Wildman–Crippen MR) is 68.5 cm³/mol. The Balaban J connectivity index is 2.14. The van der Waals surface area contributed by atoms with Gasteiger partial charge in [-0.05, 0) is 31.2 Å². The number of rotatable bonds is 5. The van der Waals surface area contributed by atoms with Gasteiger partial charge >= 0.3 is 0 Å². The molecule has 1 heterocycles. The molecule has 0 aliphatic carbocycles. The number of nitrogens with one attached hydrogen (secondary N) is 1. The van der Waals surface area contributed by atoms with Crippen LogP contribution in [0.15, 0.2) is 30.5 Å². The highest BCUT2D eigenvalue weighted by Gasteiger charge is 2.05. The van der Waals surface area contributed by atoms with Gasteiger partial charge in [0, 0.05) is 25.5 Å². The van der Waals surface area contributed by atoms with Crippen molar-refractivity contribution < 1.29 is 9.13 Å². The second kappa shape index (κ2) is 5.64. The Morgan fingerprint density at radius 3 is 2.72 bits per heavy atom. The van der Waals surface area contributed by atoms with Crippen LogP contribution in [0.1, 0.15) is 5.69 Å². The fourth-order valence-corrected chi connectivity index (χ4v) is 1.67. The van der Waals surface area contributed by atoms with Crippen LogP contribution in [0.5, 0.6) is 0 Å². The molecule has 0 radical (unpaired) electrons. The Morgan fingerprint density at radius 2 is 2.06 bits per heavy atom. The number of methoxy groups -OCH3 is 1. The molecule has 0 saturated heterocycles. The maximum Gasteiger partial charge on any atom is 0.207 e. The summed E-state index contributed by atoms with van der Waals surface area (Å²) in [5, 5.41) is 3.16. The van der Waals surface area contributed by atoms with Crippen molar-refractivity contribution in [1.29, 1.82) is 0 Å². The molecule has 0 spiro atoms. The highest BCUT2D eigenvalue weighted by molar-refractivity contribution is 5.53. The lowest BCUT2D eigenvalue weighted by molar-refractivity contribution is 0.188. The van der Waals surface area contributed by atoms with Gasteiger partial charge < -0.3 is 14.6 Å². The molecule has 0 aliphatic rings. The molecule has 0 amide bonds. The van der Waals surface area contributed by atoms with Crippen LogP contribution in [0.25, 0.3) is 0 Å². The van der Waals surface area contributed by atoms with Crippen LogP contribution in [0, 0.1) is 12.7 Å². The summed E-state index contributed by atoms with van der Waals surface area (Å²) >= 11 is 0. The molecule has 0 bridgehead atoms. The number of nitrogens with zero attached hydrogens (tertiary/aromatic N) is 2. The van der Waals surface area contributed by atoms with Crippen LogP contribution in [0.2, 0.25) is 0 Å². The van der Waals surface area contributed by atoms with Gasteiger partial charge in [-0.3, -0.25) is 0 Å². The van der Waals surface area contributed by atoms with E-state index in [4.69, 9.17) is 4.74 Å². The summed E-state index contributed by atoms with van der Waals surface area (Å²) in [6, 6.07) is 6.19. The van der Waals surface area contributed by atoms with Gasteiger partial charge in [-0.2, -0.15) is 0 Å². The SMILES string of the molecule is COCCn1cc(C)nc1Nc1ccc(F)cc1. The molecule has 1 aromatic heterocycles. The molecule has 0 fully saturated rings. The first kappa shape index (κ1) is 12.6. The Morgan fingerprint density at radius 1 is 1.33 bits per heavy atom. The Hall–Kier alpha value is -1.88. The van der Waals surface area contributed by atoms with E-state index in [9.17, 15) is 4.39 Å². The molecule has 0 unspecified atom stereocenters. The van der Waals surface area contributed by atoms with E-state index in [0.29, 0.717) is 6.61 Å². The third-order valence-corrected chi connectivity index (χ3v) is 2.53. The van der Waals surface area contributed by atoms with Crippen LogP contribution in [-0.4, -0.2) is 23.3 Å². The fraction of sp³-hybridized carbons (Fsp3) is 0.308. The molecule has 4 nitrogen and oxygen atoms in total. The smallest absolute Gasteiger partial charge is 0.207 e. The molecule has 0 saturated carbocycles. The number of benzene rings is 1. The quantitative estimate of drug-likeness (QED) is 0.885. The highest BCUT2D eigenvalue weighted by atomic mass is 19.1. The number of hydrogen-bond acceptors (Lipinski definition) is 3. The van der Waals surface area contributed by atoms with Gasteiger partial charge in [0.15, 0.2) is 0 Å². The van der Waals surface area contributed by atoms with Crippen LogP contribution < -0.4 is 5.32 Å². The minimum Gasteiger partial charge on any atom is -0.383 e. The Kier molecular flexibility index (Phi) is 3.94. The third kappa shape index (κ3) is 3.07. The van der Waals surface area contributed by atoms with E-state index in [2.05, 4.69) is 10.3 Å². The summed E-state index contributed by atoms with van der Waals surface area (Å²) in [5.74, 6) is 0.482. The second-order valence-corrected chi connectivity index (χ2v) is 4.02. The highest BCUT2D eigenvalue weighted by Crippen LogP contribution is 2.16. The predicted octanol–water partition coefficient (Wildman–Crippen LogP) is 2.72. The van der Waals surface area contributed by atoms with E-state index in [1.54, 1.807) is 19.2 Å². The van der Waals surface area contributed by atoms with E-state index in [0.717, 1.165) is 23.9 Å². The molecule has 1 aromatic carbocycles. The van der Waals surface area contributed by atoms with E-state index in [1.807, 2.05) is 17.7 Å². The number of hydrogen-bond donors (Lipinski definition) is 1. The fourth-order valence-electron chi connectivity index (χ4n) is 1.67. The Bertz CT molecular complexity index is 507. The number of halogens is 1. The summed E-state index contributed by atoms with van der Waals surface area (Å²) in [7, 11) is 1.66. The van der Waals surface area contributed by atoms with Crippen molar-refractivity contribution >= 4 is 11.6 Å². The van der Waals surface area contributed by atoms with Gasteiger partial charge in [0.05, 0.1) is 12.3 Å². The first-order chi connectivity index (χ1) is 8.69. The standard InChI is InChI=1S/C13H16FN3O/c1-10-9-17(7-8-18-2)13(15-10)16-12-5-3-11(14)4-6-12/h3-6,9H,7-8H2,1-2H3,(H,15,16). The average Bonchev–Trinajstić information content (AvgIpc) is 2.70. The minimum absolute atomic E-state index is 0.251. The number of aromatic nitrogens is 2. The average molecular weight is 249 g/mol. The Labute approximate surface area is 105 Å². The van der Waals surface area contributed by atoms with Crippen LogP contribution in [-0.2, 0) is 11.3 Å².